The Morgan fingerprint density at radius 1 is 1.07 bits per heavy atom. The molecule has 0 spiro atoms. The largest absolute Gasteiger partial charge is 0.492 e. The zero-order valence-corrected chi connectivity index (χ0v) is 18.3. The van der Waals surface area contributed by atoms with E-state index in [-0.39, 0.29) is 19.3 Å². The summed E-state index contributed by atoms with van der Waals surface area (Å²) in [5.74, 6) is 1.20. The number of nitrogens with two attached hydrogens (primary N) is 1. The van der Waals surface area contributed by atoms with Gasteiger partial charge in [-0.25, -0.2) is 0 Å². The predicted molar refractivity (Wildman–Crippen MR) is 117 cm³/mol. The van der Waals surface area contributed by atoms with E-state index in [0.717, 1.165) is 16.1 Å². The zero-order valence-electron chi connectivity index (χ0n) is 15.9. The smallest absolute Gasteiger partial charge is 0.149 e. The van der Waals surface area contributed by atoms with Crippen molar-refractivity contribution >= 4 is 34.5 Å². The molecule has 0 saturated carbocycles. The number of ether oxygens (including phenoxy) is 2. The van der Waals surface area contributed by atoms with Gasteiger partial charge in [0.15, 0.2) is 0 Å². The van der Waals surface area contributed by atoms with E-state index < -0.39 is 6.04 Å². The van der Waals surface area contributed by atoms with Crippen molar-refractivity contribution in [2.75, 3.05) is 13.2 Å². The van der Waals surface area contributed by atoms with E-state index in [4.69, 9.17) is 43.5 Å². The van der Waals surface area contributed by atoms with Gasteiger partial charge in [0.1, 0.15) is 28.1 Å². The first-order chi connectivity index (χ1) is 13.9. The molecule has 3 N–H and O–H groups in total. The molecule has 0 radical (unpaired) electrons. The molecule has 29 heavy (non-hydrogen) atoms. The highest BCUT2D eigenvalue weighted by atomic mass is 35.5. The van der Waals surface area contributed by atoms with Crippen molar-refractivity contribution in [2.45, 2.75) is 26.0 Å². The van der Waals surface area contributed by atoms with Crippen LogP contribution in [0.3, 0.4) is 0 Å². The van der Waals surface area contributed by atoms with E-state index in [9.17, 15) is 0 Å². The average molecular weight is 454 g/mol. The van der Waals surface area contributed by atoms with Gasteiger partial charge in [0, 0.05) is 11.1 Å². The molecule has 6 nitrogen and oxygen atoms in total. The minimum atomic E-state index is -0.441. The SMILES string of the molecule is CC(C)Oc1ccc(-c2nnc(-c3ccc(OCC(N)CO)cc3Cl)s2)cc1Cl. The third kappa shape index (κ3) is 5.58. The van der Waals surface area contributed by atoms with Gasteiger partial charge in [0.2, 0.25) is 0 Å². The first-order valence-corrected chi connectivity index (χ1v) is 10.5. The van der Waals surface area contributed by atoms with Gasteiger partial charge in [-0.05, 0) is 50.2 Å². The molecule has 154 valence electrons. The summed E-state index contributed by atoms with van der Waals surface area (Å²) in [5, 5.41) is 19.9. The molecule has 1 atom stereocenters. The molecular formula is C20H21Cl2N3O3S. The maximum absolute atomic E-state index is 8.97. The lowest BCUT2D eigenvalue weighted by molar-refractivity contribution is 0.206. The third-order valence-electron chi connectivity index (χ3n) is 3.84. The van der Waals surface area contributed by atoms with Gasteiger partial charge >= 0.3 is 0 Å². The summed E-state index contributed by atoms with van der Waals surface area (Å²) in [5.41, 5.74) is 7.24. The van der Waals surface area contributed by atoms with Crippen LogP contribution in [0.25, 0.3) is 21.1 Å². The Morgan fingerprint density at radius 2 is 1.83 bits per heavy atom. The highest BCUT2D eigenvalue weighted by Gasteiger charge is 2.14. The van der Waals surface area contributed by atoms with Crippen molar-refractivity contribution in [3.8, 4) is 32.6 Å². The molecule has 0 aliphatic rings. The Hall–Kier alpha value is -1.90. The molecule has 9 heteroatoms. The standard InChI is InChI=1S/C20H21Cl2N3O3S/c1-11(2)28-18-6-3-12(7-17(18)22)19-24-25-20(29-19)15-5-4-14(8-16(15)21)27-10-13(23)9-26/h3-8,11,13,26H,9-10,23H2,1-2H3. The molecule has 0 fully saturated rings. The maximum Gasteiger partial charge on any atom is 0.149 e. The van der Waals surface area contributed by atoms with E-state index in [1.54, 1.807) is 12.1 Å². The molecule has 0 aliphatic carbocycles. The molecule has 2 aromatic carbocycles. The fraction of sp³-hybridized carbons (Fsp3) is 0.300. The molecular weight excluding hydrogens is 433 g/mol. The molecule has 3 aromatic rings. The molecule has 0 bridgehead atoms. The van der Waals surface area contributed by atoms with Gasteiger partial charge in [0.25, 0.3) is 0 Å². The lowest BCUT2D eigenvalue weighted by atomic mass is 10.2. The van der Waals surface area contributed by atoms with Gasteiger partial charge in [-0.15, -0.1) is 10.2 Å². The van der Waals surface area contributed by atoms with Crippen LogP contribution in [0.15, 0.2) is 36.4 Å². The van der Waals surface area contributed by atoms with Crippen LogP contribution in [-0.2, 0) is 0 Å². The van der Waals surface area contributed by atoms with Crippen molar-refractivity contribution in [3.05, 3.63) is 46.4 Å². The second kappa shape index (κ2) is 9.73. The summed E-state index contributed by atoms with van der Waals surface area (Å²) < 4.78 is 11.2. The lowest BCUT2D eigenvalue weighted by Gasteiger charge is -2.11. The number of benzene rings is 2. The summed E-state index contributed by atoms with van der Waals surface area (Å²) in [7, 11) is 0. The zero-order chi connectivity index (χ0) is 21.0. The summed E-state index contributed by atoms with van der Waals surface area (Å²) >= 11 is 14.1. The number of hydrogen-bond donors (Lipinski definition) is 2. The fourth-order valence-electron chi connectivity index (χ4n) is 2.45. The van der Waals surface area contributed by atoms with Crippen LogP contribution in [0.1, 0.15) is 13.8 Å². The molecule has 0 aliphatic heterocycles. The van der Waals surface area contributed by atoms with Crippen LogP contribution in [0.5, 0.6) is 11.5 Å². The number of nitrogens with zero attached hydrogens (tertiary/aromatic N) is 2. The minimum Gasteiger partial charge on any atom is -0.492 e. The highest BCUT2D eigenvalue weighted by molar-refractivity contribution is 7.18. The molecule has 1 aromatic heterocycles. The molecule has 1 unspecified atom stereocenters. The van der Waals surface area contributed by atoms with Gasteiger partial charge < -0.3 is 20.3 Å². The number of aliphatic hydroxyl groups excluding tert-OH is 1. The minimum absolute atomic E-state index is 0.0416. The first-order valence-electron chi connectivity index (χ1n) is 8.96. The number of hydrogen-bond acceptors (Lipinski definition) is 7. The number of halogens is 2. The summed E-state index contributed by atoms with van der Waals surface area (Å²) in [6.45, 7) is 3.95. The normalized spacial score (nSPS) is 12.2. The van der Waals surface area contributed by atoms with Gasteiger partial charge in [-0.2, -0.15) is 0 Å². The molecule has 3 rings (SSSR count). The predicted octanol–water partition coefficient (Wildman–Crippen LogP) is 4.66. The van der Waals surface area contributed by atoms with Crippen molar-refractivity contribution in [1.29, 1.82) is 0 Å². The third-order valence-corrected chi connectivity index (χ3v) is 5.45. The number of rotatable bonds is 8. The van der Waals surface area contributed by atoms with E-state index in [0.29, 0.717) is 26.6 Å². The van der Waals surface area contributed by atoms with E-state index in [2.05, 4.69) is 10.2 Å². The van der Waals surface area contributed by atoms with Crippen molar-refractivity contribution < 1.29 is 14.6 Å². The Bertz CT molecular complexity index is 981. The Labute approximate surface area is 183 Å². The second-order valence-corrected chi connectivity index (χ2v) is 8.41. The Kier molecular flexibility index (Phi) is 7.32. The first kappa shape index (κ1) is 21.8. The van der Waals surface area contributed by atoms with Crippen molar-refractivity contribution in [2.24, 2.45) is 5.73 Å². The topological polar surface area (TPSA) is 90.5 Å². The number of aliphatic hydroxyl groups is 1. The lowest BCUT2D eigenvalue weighted by Crippen LogP contribution is -2.31. The average Bonchev–Trinajstić information content (AvgIpc) is 3.17. The summed E-state index contributed by atoms with van der Waals surface area (Å²) in [6.07, 6.45) is 0.0416. The van der Waals surface area contributed by atoms with Crippen LogP contribution in [0.4, 0.5) is 0 Å². The van der Waals surface area contributed by atoms with E-state index >= 15 is 0 Å². The van der Waals surface area contributed by atoms with Crippen molar-refractivity contribution in [1.82, 2.24) is 10.2 Å². The molecule has 1 heterocycles. The van der Waals surface area contributed by atoms with Gasteiger partial charge in [0.05, 0.1) is 28.8 Å². The van der Waals surface area contributed by atoms with Crippen LogP contribution >= 0.6 is 34.5 Å². The van der Waals surface area contributed by atoms with E-state index in [1.165, 1.54) is 11.3 Å². The van der Waals surface area contributed by atoms with Gasteiger partial charge in [-0.3, -0.25) is 0 Å². The quantitative estimate of drug-likeness (QED) is 0.514. The summed E-state index contributed by atoms with van der Waals surface area (Å²) in [6, 6.07) is 10.4. The van der Waals surface area contributed by atoms with Crippen LogP contribution in [0, 0.1) is 0 Å². The number of aromatic nitrogens is 2. The highest BCUT2D eigenvalue weighted by Crippen LogP contribution is 2.37. The van der Waals surface area contributed by atoms with Crippen LogP contribution in [0.2, 0.25) is 10.0 Å². The van der Waals surface area contributed by atoms with Gasteiger partial charge in [-0.1, -0.05) is 34.5 Å². The maximum atomic E-state index is 8.97. The summed E-state index contributed by atoms with van der Waals surface area (Å²) in [4.78, 5) is 0. The Morgan fingerprint density at radius 3 is 2.48 bits per heavy atom. The molecule has 0 saturated heterocycles. The second-order valence-electron chi connectivity index (χ2n) is 6.62. The van der Waals surface area contributed by atoms with Crippen molar-refractivity contribution in [3.63, 3.8) is 0 Å². The molecule has 0 amide bonds. The van der Waals surface area contributed by atoms with Crippen LogP contribution in [-0.4, -0.2) is 40.7 Å². The Balaban J connectivity index is 1.78. The van der Waals surface area contributed by atoms with E-state index in [1.807, 2.05) is 38.1 Å². The fourth-order valence-corrected chi connectivity index (χ4v) is 3.87. The van der Waals surface area contributed by atoms with Crippen LogP contribution < -0.4 is 15.2 Å². The monoisotopic (exact) mass is 453 g/mol.